The van der Waals surface area contributed by atoms with Gasteiger partial charge in [-0.15, -0.1) is 0 Å². The molecule has 1 atom stereocenters. The van der Waals surface area contributed by atoms with Crippen LogP contribution in [0.15, 0.2) is 88.3 Å². The maximum Gasteiger partial charge on any atom is 0.311 e. The fourth-order valence-corrected chi connectivity index (χ4v) is 10.1. The van der Waals surface area contributed by atoms with E-state index in [4.69, 9.17) is 0 Å². The summed E-state index contributed by atoms with van der Waals surface area (Å²) in [6.07, 6.45) is 8.43. The van der Waals surface area contributed by atoms with Crippen LogP contribution >= 0.6 is 0 Å². The third-order valence-corrected chi connectivity index (χ3v) is 14.6. The highest BCUT2D eigenvalue weighted by Gasteiger charge is 2.45. The Bertz CT molecular complexity index is 2980. The van der Waals surface area contributed by atoms with Crippen LogP contribution < -0.4 is 9.64 Å². The molecule has 1 unspecified atom stereocenters. The third kappa shape index (κ3) is 12.2. The number of carbonyl (C=O) groups excluding carboxylic acids is 1. The average Bonchev–Trinajstić information content (AvgIpc) is 3.55. The summed E-state index contributed by atoms with van der Waals surface area (Å²) in [4.78, 5) is 13.2. The number of carbonyl (C=O) groups is 1. The number of fused-ring (bicyclic) bond motifs is 2. The van der Waals surface area contributed by atoms with Crippen molar-refractivity contribution in [2.45, 2.75) is 86.3 Å². The summed E-state index contributed by atoms with van der Waals surface area (Å²) >= 11 is 0. The molecule has 0 amide bonds. The van der Waals surface area contributed by atoms with Gasteiger partial charge in [-0.2, -0.15) is 38.6 Å². The molecule has 360 valence electrons. The molecule has 16 nitrogen and oxygen atoms in total. The van der Waals surface area contributed by atoms with Crippen molar-refractivity contribution in [3.05, 3.63) is 113 Å². The number of anilines is 1. The van der Waals surface area contributed by atoms with Crippen LogP contribution in [-0.4, -0.2) is 92.7 Å². The van der Waals surface area contributed by atoms with Gasteiger partial charge in [-0.25, -0.2) is 17.2 Å². The molecule has 3 aromatic carbocycles. The standard InChI is InChI=1S/C42H46F4N2O14S4/c1-41(2)29-24-27(65(56,57)58)15-17-33(29)47(20-10-22-63(50,51)52)35(41)12-6-4-7-13-36-42(3,19-9-5-8-14-37(49)62-40-38(45)31(43)26-32(44)39(40)46)30-25-28(66(59,60)61)16-18-34(30)48(36)21-11-23-64(53,54)55/h4,6-7,12-13,15-18,24-26H,5,8-11,14,19-23H2,1-3H3,(H3-,50,51,52,53,54,55,56,57,58,59,60,61). The molecule has 0 radical (unpaired) electrons. The van der Waals surface area contributed by atoms with E-state index >= 15 is 0 Å². The smallest absolute Gasteiger partial charge is 0.311 e. The van der Waals surface area contributed by atoms with Crippen molar-refractivity contribution in [1.82, 2.24) is 0 Å². The van der Waals surface area contributed by atoms with E-state index in [9.17, 15) is 74.2 Å². The van der Waals surface area contributed by atoms with Crippen molar-refractivity contribution in [3.63, 3.8) is 0 Å². The van der Waals surface area contributed by atoms with Crippen molar-refractivity contribution >= 4 is 63.5 Å². The number of hydrogen-bond acceptors (Lipinski definition) is 12. The highest BCUT2D eigenvalue weighted by molar-refractivity contribution is 7.86. The van der Waals surface area contributed by atoms with Gasteiger partial charge in [-0.05, 0) is 82.0 Å². The van der Waals surface area contributed by atoms with E-state index in [0.29, 0.717) is 33.9 Å². The van der Waals surface area contributed by atoms with Crippen LogP contribution in [0, 0.1) is 23.3 Å². The Hall–Kier alpha value is -4.82. The van der Waals surface area contributed by atoms with E-state index in [0.717, 1.165) is 6.07 Å². The molecule has 24 heteroatoms. The van der Waals surface area contributed by atoms with E-state index in [2.05, 4.69) is 4.74 Å². The molecule has 0 fully saturated rings. The number of halogens is 4. The minimum absolute atomic E-state index is 0.0181. The molecular weight excluding hydrogens is 961 g/mol. The SMILES string of the molecule is CC1(C)C(/C=C/C=C/C=C2/N(CCCS(=O)(=O)O)c3ccc(S(=O)(=O)[O-])cc3C2(C)CCCCCC(=O)Oc2c(F)c(F)cc(F)c2F)=[N+](CCCS(=O)(=O)O)c2ccc(S(=O)(=O)O)cc21. The van der Waals surface area contributed by atoms with E-state index in [1.165, 1.54) is 30.3 Å². The van der Waals surface area contributed by atoms with Crippen molar-refractivity contribution in [2.24, 2.45) is 0 Å². The number of nitrogens with zero attached hydrogens (tertiary/aromatic N) is 2. The predicted molar refractivity (Wildman–Crippen MR) is 232 cm³/mol. The van der Waals surface area contributed by atoms with E-state index in [1.54, 1.807) is 60.6 Å². The van der Waals surface area contributed by atoms with E-state index < -0.39 is 109 Å². The average molecular weight is 1010 g/mol. The lowest BCUT2D eigenvalue weighted by atomic mass is 9.77. The second-order valence-corrected chi connectivity index (χ2v) is 22.3. The second-order valence-electron chi connectivity index (χ2n) is 16.3. The Morgan fingerprint density at radius 2 is 1.36 bits per heavy atom. The minimum Gasteiger partial charge on any atom is -0.744 e. The minimum atomic E-state index is -4.98. The van der Waals surface area contributed by atoms with Gasteiger partial charge in [0.2, 0.25) is 23.1 Å². The van der Waals surface area contributed by atoms with Gasteiger partial charge in [0.25, 0.3) is 30.4 Å². The molecule has 2 aliphatic rings. The largest absolute Gasteiger partial charge is 0.744 e. The highest BCUT2D eigenvalue weighted by Crippen LogP contribution is 2.51. The van der Waals surface area contributed by atoms with Gasteiger partial charge in [0.05, 0.1) is 26.7 Å². The zero-order valence-corrected chi connectivity index (χ0v) is 38.8. The van der Waals surface area contributed by atoms with Gasteiger partial charge < -0.3 is 14.2 Å². The van der Waals surface area contributed by atoms with Crippen LogP contribution in [0.1, 0.15) is 76.8 Å². The van der Waals surface area contributed by atoms with Gasteiger partial charge in [0.15, 0.2) is 17.3 Å². The van der Waals surface area contributed by atoms with Crippen molar-refractivity contribution < 1.29 is 83.6 Å². The number of esters is 1. The Balaban J connectivity index is 1.47. The molecule has 0 bridgehead atoms. The molecule has 5 rings (SSSR count). The van der Waals surface area contributed by atoms with Crippen LogP contribution in [0.2, 0.25) is 0 Å². The molecular formula is C42H46F4N2O14S4. The monoisotopic (exact) mass is 1010 g/mol. The Morgan fingerprint density at radius 3 is 1.97 bits per heavy atom. The quantitative estimate of drug-likeness (QED) is 0.0156. The number of rotatable bonds is 20. The molecule has 3 N–H and O–H groups in total. The van der Waals surface area contributed by atoms with Gasteiger partial charge >= 0.3 is 5.97 Å². The summed E-state index contributed by atoms with van der Waals surface area (Å²) in [6, 6.07) is 7.63. The van der Waals surface area contributed by atoms with Crippen LogP contribution in [-0.2, 0) is 56.1 Å². The van der Waals surface area contributed by atoms with Crippen LogP contribution in [0.4, 0.5) is 28.9 Å². The van der Waals surface area contributed by atoms with E-state index in [1.807, 2.05) is 0 Å². The Morgan fingerprint density at radius 1 is 0.758 bits per heavy atom. The molecule has 0 aliphatic carbocycles. The summed E-state index contributed by atoms with van der Waals surface area (Å²) in [5, 5.41) is 0. The first-order valence-electron chi connectivity index (χ1n) is 20.1. The predicted octanol–water partition coefficient (Wildman–Crippen LogP) is 6.66. The number of unbranched alkanes of at least 4 members (excludes halogenated alkanes) is 2. The number of hydrogen-bond donors (Lipinski definition) is 3. The fraction of sp³-hybridized carbons (Fsp3) is 0.381. The molecule has 0 spiro atoms. The first-order valence-corrected chi connectivity index (χ1v) is 26.2. The Kier molecular flexibility index (Phi) is 15.6. The van der Waals surface area contributed by atoms with Crippen molar-refractivity contribution in [1.29, 1.82) is 0 Å². The zero-order valence-electron chi connectivity index (χ0n) is 35.6. The number of benzene rings is 3. The zero-order chi connectivity index (χ0) is 49.2. The lowest BCUT2D eigenvalue weighted by Gasteiger charge is -2.30. The lowest BCUT2D eigenvalue weighted by Crippen LogP contribution is -2.30. The van der Waals surface area contributed by atoms with Crippen LogP contribution in [0.25, 0.3) is 0 Å². The van der Waals surface area contributed by atoms with Crippen LogP contribution in [0.5, 0.6) is 5.75 Å². The van der Waals surface area contributed by atoms with Gasteiger partial charge in [0, 0.05) is 60.0 Å². The maximum atomic E-state index is 14.1. The summed E-state index contributed by atoms with van der Waals surface area (Å²) in [5.74, 6) is -11.2. The normalized spacial score (nSPS) is 18.2. The van der Waals surface area contributed by atoms with E-state index in [-0.39, 0.29) is 62.6 Å². The van der Waals surface area contributed by atoms with Gasteiger partial charge in [-0.1, -0.05) is 31.1 Å². The molecule has 0 saturated carbocycles. The number of ether oxygens (including phenoxy) is 1. The molecule has 66 heavy (non-hydrogen) atoms. The van der Waals surface area contributed by atoms with Gasteiger partial charge in [-0.3, -0.25) is 18.5 Å². The molecule has 0 saturated heterocycles. The molecule has 3 aromatic rings. The third-order valence-electron chi connectivity index (χ3n) is 11.3. The first-order chi connectivity index (χ1) is 30.5. The molecule has 2 aliphatic heterocycles. The topological polar surface area (TPSA) is 253 Å². The van der Waals surface area contributed by atoms with Crippen molar-refractivity contribution in [3.8, 4) is 5.75 Å². The lowest BCUT2D eigenvalue weighted by molar-refractivity contribution is -0.437. The fourth-order valence-electron chi connectivity index (χ4n) is 8.15. The number of allylic oxidation sites excluding steroid dienone is 6. The highest BCUT2D eigenvalue weighted by atomic mass is 32.2. The molecule has 0 aromatic heterocycles. The van der Waals surface area contributed by atoms with Gasteiger partial charge in [0.1, 0.15) is 16.7 Å². The summed E-state index contributed by atoms with van der Waals surface area (Å²) in [7, 11) is -18.3. The first kappa shape index (κ1) is 52.2. The summed E-state index contributed by atoms with van der Waals surface area (Å²) in [6.45, 7) is 5.36. The van der Waals surface area contributed by atoms with Crippen LogP contribution in [0.3, 0.4) is 0 Å². The second kappa shape index (κ2) is 19.8. The summed E-state index contributed by atoms with van der Waals surface area (Å²) < 4.78 is 198. The van der Waals surface area contributed by atoms with Crippen molar-refractivity contribution in [2.75, 3.05) is 29.5 Å². The molecule has 2 heterocycles. The maximum absolute atomic E-state index is 14.1. The Labute approximate surface area is 380 Å². The summed E-state index contributed by atoms with van der Waals surface area (Å²) in [5.41, 5.74) is 0.838.